The molecule has 0 aromatic heterocycles. The summed E-state index contributed by atoms with van der Waals surface area (Å²) in [5, 5.41) is 3.45. The Kier molecular flexibility index (Phi) is 22.7. The van der Waals surface area contributed by atoms with E-state index in [2.05, 4.69) is 200 Å². The van der Waals surface area contributed by atoms with Gasteiger partial charge in [0.25, 0.3) is 0 Å². The number of Topliss-reactive ketones (excluding diaryl/α,β-unsaturated/α-hetero) is 1. The second kappa shape index (κ2) is 29.8. The minimum absolute atomic E-state index is 0.273. The Balaban J connectivity index is 0.000000126. The standard InChI is InChI=1S/2C15H19N.C14H17NO.C13H23NSi.C8H15N.C5H6O/c2*1-12-7-8-14-10-16(11-15(12)14)9-13-5-3-2-4-6-13;16-14-7-6-12-9-15(10-13(12)14)8-11-4-2-1-3-5-11;1-5-14(12-15(2,3)4)11-13-9-7-6-8-10-13;1-6-2-3-7-4-9-5-8(6)7;6-5-3-1-2-4-5/h2*2-7,14-15H,8-11H2,1H3;1-5,12-13H,6-10H2;6-10H,5,11-12H2,1-4H3;6-9H,2-5H2,1H3;1,3H,2,4H2. The first-order valence-corrected chi connectivity index (χ1v) is 34.3. The molecule has 5 aliphatic carbocycles. The van der Waals surface area contributed by atoms with Crippen molar-refractivity contribution in [1.82, 2.24) is 24.9 Å². The first-order valence-electron chi connectivity index (χ1n) is 30.6. The van der Waals surface area contributed by atoms with Gasteiger partial charge in [0.1, 0.15) is 5.78 Å². The number of likely N-dealkylation sites (tertiary alicyclic amines) is 3. The van der Waals surface area contributed by atoms with Gasteiger partial charge in [-0.15, -0.1) is 0 Å². The van der Waals surface area contributed by atoms with Crippen LogP contribution in [0.2, 0.25) is 19.6 Å². The van der Waals surface area contributed by atoms with Crippen molar-refractivity contribution in [2.24, 2.45) is 53.3 Å². The first kappa shape index (κ1) is 59.6. The summed E-state index contributed by atoms with van der Waals surface area (Å²) in [6, 6.07) is 43.0. The van der Waals surface area contributed by atoms with Crippen molar-refractivity contribution in [2.45, 2.75) is 125 Å². The zero-order valence-electron chi connectivity index (χ0n) is 49.2. The number of benzene rings is 4. The molecular formula is C70H99N5O2Si. The number of nitrogens with one attached hydrogen (secondary N) is 1. The molecule has 7 nitrogen and oxygen atoms in total. The average molecular weight is 1070 g/mol. The summed E-state index contributed by atoms with van der Waals surface area (Å²) in [5.74, 6) is 8.37. The number of hydrogen-bond donors (Lipinski definition) is 1. The molecule has 0 bridgehead atoms. The van der Waals surface area contributed by atoms with E-state index in [1.54, 1.807) is 17.2 Å². The summed E-state index contributed by atoms with van der Waals surface area (Å²) in [7, 11) is -0.969. The molecule has 420 valence electrons. The molecule has 4 heterocycles. The van der Waals surface area contributed by atoms with Gasteiger partial charge in [0.05, 0.1) is 8.07 Å². The molecule has 0 amide bonds. The van der Waals surface area contributed by atoms with Gasteiger partial charge in [-0.1, -0.05) is 191 Å². The van der Waals surface area contributed by atoms with Crippen molar-refractivity contribution in [3.63, 3.8) is 0 Å². The Bertz CT molecular complexity index is 2390. The van der Waals surface area contributed by atoms with Crippen molar-refractivity contribution < 1.29 is 9.59 Å². The molecule has 9 unspecified atom stereocenters. The molecule has 0 radical (unpaired) electrons. The highest BCUT2D eigenvalue weighted by Crippen LogP contribution is 2.41. The van der Waals surface area contributed by atoms with Crippen LogP contribution >= 0.6 is 0 Å². The Hall–Kier alpha value is -4.54. The average Bonchev–Trinajstić information content (AvgIpc) is 4.32. The third kappa shape index (κ3) is 18.2. The SMILES string of the molecule is CC1=CCC2CN(Cc3ccccc3)CC12.CC1=CCC2CN(Cc3ccccc3)CC12.CC1CCC2CNCC12.CCN(Cc1ccccc1)C[Si](C)(C)C.O=C1C=CCC1.O=C1CCC2CN(Cc3ccccc3)CC12. The minimum atomic E-state index is -0.969. The summed E-state index contributed by atoms with van der Waals surface area (Å²) >= 11 is 0. The van der Waals surface area contributed by atoms with Gasteiger partial charge in [0.15, 0.2) is 5.78 Å². The van der Waals surface area contributed by atoms with E-state index in [0.717, 1.165) is 113 Å². The second-order valence-electron chi connectivity index (χ2n) is 25.9. The van der Waals surface area contributed by atoms with Gasteiger partial charge in [-0.05, 0) is 147 Å². The van der Waals surface area contributed by atoms with E-state index < -0.39 is 8.07 Å². The lowest BCUT2D eigenvalue weighted by Crippen LogP contribution is -2.39. The van der Waals surface area contributed by atoms with Gasteiger partial charge in [0, 0.05) is 84.2 Å². The maximum absolute atomic E-state index is 11.6. The number of carbonyl (C=O) groups excluding carboxylic acids is 2. The Morgan fingerprint density at radius 2 is 1.03 bits per heavy atom. The predicted octanol–water partition coefficient (Wildman–Crippen LogP) is 13.8. The molecule has 6 fully saturated rings. The zero-order chi connectivity index (χ0) is 54.9. The Morgan fingerprint density at radius 3 is 1.42 bits per heavy atom. The molecule has 4 aliphatic heterocycles. The van der Waals surface area contributed by atoms with Gasteiger partial charge in [-0.25, -0.2) is 0 Å². The lowest BCUT2D eigenvalue weighted by atomic mass is 9.94. The smallest absolute Gasteiger partial charge is 0.155 e. The maximum Gasteiger partial charge on any atom is 0.155 e. The molecule has 9 atom stereocenters. The maximum atomic E-state index is 11.6. The van der Waals surface area contributed by atoms with E-state index in [1.165, 1.54) is 93.4 Å². The van der Waals surface area contributed by atoms with E-state index in [1.807, 2.05) is 12.1 Å². The molecule has 1 N–H and O–H groups in total. The van der Waals surface area contributed by atoms with Crippen LogP contribution in [-0.2, 0) is 35.8 Å². The van der Waals surface area contributed by atoms with Crippen molar-refractivity contribution >= 4 is 19.6 Å². The highest BCUT2D eigenvalue weighted by atomic mass is 28.3. The van der Waals surface area contributed by atoms with Gasteiger partial charge >= 0.3 is 0 Å². The lowest BCUT2D eigenvalue weighted by molar-refractivity contribution is -0.120. The van der Waals surface area contributed by atoms with Crippen molar-refractivity contribution in [3.8, 4) is 0 Å². The second-order valence-corrected chi connectivity index (χ2v) is 31.3. The van der Waals surface area contributed by atoms with E-state index in [0.29, 0.717) is 17.6 Å². The number of ketones is 2. The van der Waals surface area contributed by atoms with Crippen LogP contribution in [0.15, 0.2) is 157 Å². The summed E-state index contributed by atoms with van der Waals surface area (Å²) in [5.41, 5.74) is 8.93. The zero-order valence-corrected chi connectivity index (χ0v) is 50.2. The summed E-state index contributed by atoms with van der Waals surface area (Å²) in [6.45, 7) is 31.9. The van der Waals surface area contributed by atoms with E-state index in [9.17, 15) is 9.59 Å². The van der Waals surface area contributed by atoms with Gasteiger partial charge in [-0.3, -0.25) is 24.3 Å². The molecule has 13 rings (SSSR count). The van der Waals surface area contributed by atoms with E-state index in [-0.39, 0.29) is 5.78 Å². The number of hydrogen-bond acceptors (Lipinski definition) is 7. The van der Waals surface area contributed by atoms with Crippen molar-refractivity contribution in [1.29, 1.82) is 0 Å². The van der Waals surface area contributed by atoms with Crippen LogP contribution in [0.25, 0.3) is 0 Å². The first-order chi connectivity index (χ1) is 37.8. The third-order valence-corrected chi connectivity index (χ3v) is 19.9. The quantitative estimate of drug-likeness (QED) is 0.119. The minimum Gasteiger partial charge on any atom is -0.316 e. The number of rotatable bonds is 11. The van der Waals surface area contributed by atoms with Crippen molar-refractivity contribution in [2.75, 3.05) is 65.1 Å². The highest BCUT2D eigenvalue weighted by Gasteiger charge is 2.42. The Labute approximate surface area is 474 Å². The fourth-order valence-electron chi connectivity index (χ4n) is 14.2. The van der Waals surface area contributed by atoms with Crippen LogP contribution in [0, 0.1) is 53.3 Å². The molecule has 2 saturated carbocycles. The molecule has 8 heteroatoms. The van der Waals surface area contributed by atoms with Crippen LogP contribution < -0.4 is 5.32 Å². The van der Waals surface area contributed by atoms with E-state index >= 15 is 0 Å². The van der Waals surface area contributed by atoms with Crippen LogP contribution in [0.3, 0.4) is 0 Å². The largest absolute Gasteiger partial charge is 0.316 e. The normalized spacial score (nSPS) is 27.6. The monoisotopic (exact) mass is 1070 g/mol. The number of allylic oxidation sites excluding steroid dienone is 4. The third-order valence-electron chi connectivity index (χ3n) is 18.5. The van der Waals surface area contributed by atoms with Crippen LogP contribution in [0.1, 0.15) is 101 Å². The molecule has 78 heavy (non-hydrogen) atoms. The molecule has 4 aromatic carbocycles. The Morgan fingerprint density at radius 1 is 0.551 bits per heavy atom. The highest BCUT2D eigenvalue weighted by molar-refractivity contribution is 6.76. The molecule has 0 spiro atoms. The molecule has 4 saturated heterocycles. The van der Waals surface area contributed by atoms with Crippen LogP contribution in [0.4, 0.5) is 0 Å². The lowest BCUT2D eigenvalue weighted by Gasteiger charge is -2.27. The van der Waals surface area contributed by atoms with Gasteiger partial charge < -0.3 is 10.2 Å². The summed E-state index contributed by atoms with van der Waals surface area (Å²) in [6.07, 6.45) is 18.9. The molecular weight excluding hydrogens is 971 g/mol. The number of carbonyl (C=O) groups is 2. The van der Waals surface area contributed by atoms with Crippen LogP contribution in [-0.4, -0.2) is 104 Å². The topological polar surface area (TPSA) is 59.1 Å². The van der Waals surface area contributed by atoms with Crippen molar-refractivity contribution in [3.05, 3.63) is 179 Å². The fourth-order valence-corrected chi connectivity index (χ4v) is 15.9. The van der Waals surface area contributed by atoms with Gasteiger partial charge in [-0.2, -0.15) is 0 Å². The number of nitrogens with zero attached hydrogens (tertiary/aromatic N) is 4. The molecule has 9 aliphatic rings. The van der Waals surface area contributed by atoms with Crippen LogP contribution in [0.5, 0.6) is 0 Å². The van der Waals surface area contributed by atoms with Gasteiger partial charge in [0.2, 0.25) is 0 Å². The van der Waals surface area contributed by atoms with E-state index in [4.69, 9.17) is 0 Å². The summed E-state index contributed by atoms with van der Waals surface area (Å²) < 4.78 is 0. The molecule has 4 aromatic rings. The number of fused-ring (bicyclic) bond motifs is 4. The predicted molar refractivity (Wildman–Crippen MR) is 329 cm³/mol. The fraction of sp³-hybridized carbons (Fsp3) is 0.543. The summed E-state index contributed by atoms with van der Waals surface area (Å²) in [4.78, 5) is 32.0.